The van der Waals surface area contributed by atoms with Crippen LogP contribution in [-0.2, 0) is 10.0 Å². The molecule has 0 aliphatic carbocycles. The average Bonchev–Trinajstić information content (AvgIpc) is 2.79. The lowest BCUT2D eigenvalue weighted by Gasteiger charge is -2.13. The molecule has 102 valence electrons. The number of hydrogen-bond acceptors (Lipinski definition) is 4. The van der Waals surface area contributed by atoms with Crippen LogP contribution in [0.2, 0.25) is 10.0 Å². The summed E-state index contributed by atoms with van der Waals surface area (Å²) in [6.45, 7) is 0.918. The summed E-state index contributed by atoms with van der Waals surface area (Å²) in [5.74, 6) is 0. The van der Waals surface area contributed by atoms with Gasteiger partial charge in [-0.1, -0.05) is 23.2 Å². The molecule has 0 spiro atoms. The molecule has 1 fully saturated rings. The van der Waals surface area contributed by atoms with Crippen LogP contribution in [0.5, 0.6) is 0 Å². The minimum atomic E-state index is -3.73. The Morgan fingerprint density at radius 2 is 2.16 bits per heavy atom. The van der Waals surface area contributed by atoms with E-state index >= 15 is 0 Å². The minimum absolute atomic E-state index is 0.0444. The number of likely N-dealkylation sites (tertiary alicyclic amines) is 1. The van der Waals surface area contributed by atoms with Crippen LogP contribution >= 0.6 is 23.2 Å². The fraction of sp³-hybridized carbons (Fsp3) is 0.364. The Morgan fingerprint density at radius 1 is 1.42 bits per heavy atom. The Bertz CT molecular complexity index is 627. The lowest BCUT2D eigenvalue weighted by Crippen LogP contribution is -2.36. The van der Waals surface area contributed by atoms with Crippen molar-refractivity contribution in [2.75, 3.05) is 13.1 Å². The highest BCUT2D eigenvalue weighted by Crippen LogP contribution is 2.25. The maximum absolute atomic E-state index is 12.2. The van der Waals surface area contributed by atoms with Gasteiger partial charge in [0.1, 0.15) is 4.90 Å². The molecule has 1 aromatic rings. The number of hydrogen-bond donors (Lipinski definition) is 1. The number of nitrogens with zero attached hydrogens (tertiary/aromatic N) is 2. The van der Waals surface area contributed by atoms with Crippen molar-refractivity contribution in [3.8, 4) is 6.19 Å². The normalized spacial score (nSPS) is 19.4. The van der Waals surface area contributed by atoms with Gasteiger partial charge in [0, 0.05) is 24.2 Å². The van der Waals surface area contributed by atoms with E-state index in [1.807, 2.05) is 6.19 Å². The number of nitrogens with one attached hydrogen (secondary N) is 1. The van der Waals surface area contributed by atoms with Crippen LogP contribution < -0.4 is 4.72 Å². The molecule has 1 aliphatic heterocycles. The number of sulfonamides is 1. The first-order valence-corrected chi connectivity index (χ1v) is 7.78. The van der Waals surface area contributed by atoms with Crippen molar-refractivity contribution >= 4 is 33.2 Å². The highest BCUT2D eigenvalue weighted by Gasteiger charge is 2.28. The lowest BCUT2D eigenvalue weighted by atomic mass is 10.3. The van der Waals surface area contributed by atoms with Crippen LogP contribution in [0.15, 0.2) is 23.1 Å². The van der Waals surface area contributed by atoms with Gasteiger partial charge in [0.25, 0.3) is 0 Å². The quantitative estimate of drug-likeness (QED) is 0.862. The van der Waals surface area contributed by atoms with Crippen molar-refractivity contribution in [3.63, 3.8) is 0 Å². The molecule has 1 atom stereocenters. The van der Waals surface area contributed by atoms with Gasteiger partial charge >= 0.3 is 0 Å². The average molecular weight is 320 g/mol. The van der Waals surface area contributed by atoms with Crippen LogP contribution in [0.3, 0.4) is 0 Å². The molecule has 0 amide bonds. The van der Waals surface area contributed by atoms with Crippen molar-refractivity contribution in [1.82, 2.24) is 9.62 Å². The maximum Gasteiger partial charge on any atom is 0.242 e. The third-order valence-electron chi connectivity index (χ3n) is 2.83. The zero-order valence-corrected chi connectivity index (χ0v) is 12.1. The van der Waals surface area contributed by atoms with E-state index in [1.54, 1.807) is 0 Å². The fourth-order valence-electron chi connectivity index (χ4n) is 1.91. The zero-order chi connectivity index (χ0) is 14.0. The second-order valence-electron chi connectivity index (χ2n) is 4.23. The number of nitriles is 1. The van der Waals surface area contributed by atoms with Crippen molar-refractivity contribution in [2.24, 2.45) is 0 Å². The predicted molar refractivity (Wildman–Crippen MR) is 72.4 cm³/mol. The van der Waals surface area contributed by atoms with Gasteiger partial charge in [-0.25, -0.2) is 13.1 Å². The first kappa shape index (κ1) is 14.4. The number of benzene rings is 1. The van der Waals surface area contributed by atoms with Crippen molar-refractivity contribution < 1.29 is 8.42 Å². The summed E-state index contributed by atoms with van der Waals surface area (Å²) in [6, 6.07) is 3.98. The van der Waals surface area contributed by atoms with Crippen LogP contribution in [0.1, 0.15) is 6.42 Å². The smallest absolute Gasteiger partial charge is 0.242 e. The van der Waals surface area contributed by atoms with Crippen molar-refractivity contribution in [3.05, 3.63) is 28.2 Å². The predicted octanol–water partition coefficient (Wildman–Crippen LogP) is 1.83. The largest absolute Gasteiger partial charge is 0.309 e. The number of halogens is 2. The highest BCUT2D eigenvalue weighted by atomic mass is 35.5. The van der Waals surface area contributed by atoms with E-state index in [0.717, 1.165) is 0 Å². The molecule has 1 aliphatic rings. The molecule has 0 aromatic heterocycles. The van der Waals surface area contributed by atoms with Crippen LogP contribution in [0.25, 0.3) is 0 Å². The van der Waals surface area contributed by atoms with Crippen molar-refractivity contribution in [2.45, 2.75) is 17.4 Å². The second-order valence-corrected chi connectivity index (χ2v) is 6.75. The SMILES string of the molecule is N#CN1CCC(NS(=O)(=O)c2cc(Cl)ccc2Cl)C1. The minimum Gasteiger partial charge on any atom is -0.309 e. The van der Waals surface area contributed by atoms with E-state index in [2.05, 4.69) is 4.72 Å². The van der Waals surface area contributed by atoms with Gasteiger partial charge in [-0.2, -0.15) is 5.26 Å². The Morgan fingerprint density at radius 3 is 2.79 bits per heavy atom. The summed E-state index contributed by atoms with van der Waals surface area (Å²) in [7, 11) is -3.73. The van der Waals surface area contributed by atoms with Crippen LogP contribution in [-0.4, -0.2) is 32.4 Å². The Labute approximate surface area is 121 Å². The van der Waals surface area contributed by atoms with E-state index in [1.165, 1.54) is 23.1 Å². The van der Waals surface area contributed by atoms with Gasteiger partial charge in [-0.05, 0) is 24.6 Å². The summed E-state index contributed by atoms with van der Waals surface area (Å²) >= 11 is 11.7. The Balaban J connectivity index is 2.20. The summed E-state index contributed by atoms with van der Waals surface area (Å²) in [4.78, 5) is 1.46. The summed E-state index contributed by atoms with van der Waals surface area (Å²) in [5.41, 5.74) is 0. The Kier molecular flexibility index (Phi) is 4.21. The molecule has 2 rings (SSSR count). The standard InChI is InChI=1S/C11H11Cl2N3O2S/c12-8-1-2-10(13)11(5-8)19(17,18)15-9-3-4-16(6-9)7-14/h1-2,5,9,15H,3-4,6H2. The first-order valence-electron chi connectivity index (χ1n) is 5.54. The molecule has 1 aromatic carbocycles. The molecule has 5 nitrogen and oxygen atoms in total. The molecular formula is C11H11Cl2N3O2S. The topological polar surface area (TPSA) is 73.2 Å². The van der Waals surface area contributed by atoms with Crippen LogP contribution in [0.4, 0.5) is 0 Å². The van der Waals surface area contributed by atoms with Gasteiger partial charge in [-0.15, -0.1) is 0 Å². The van der Waals surface area contributed by atoms with E-state index in [4.69, 9.17) is 28.5 Å². The third-order valence-corrected chi connectivity index (χ3v) is 5.07. The third kappa shape index (κ3) is 3.31. The van der Waals surface area contributed by atoms with E-state index in [-0.39, 0.29) is 16.0 Å². The zero-order valence-electron chi connectivity index (χ0n) is 9.81. The highest BCUT2D eigenvalue weighted by molar-refractivity contribution is 7.89. The summed E-state index contributed by atoms with van der Waals surface area (Å²) in [5, 5.41) is 9.16. The molecular weight excluding hydrogens is 309 g/mol. The van der Waals surface area contributed by atoms with E-state index in [9.17, 15) is 8.42 Å². The van der Waals surface area contributed by atoms with Crippen molar-refractivity contribution in [1.29, 1.82) is 5.26 Å². The molecule has 1 heterocycles. The lowest BCUT2D eigenvalue weighted by molar-refractivity contribution is 0.470. The van der Waals surface area contributed by atoms with Gasteiger partial charge in [0.15, 0.2) is 6.19 Å². The molecule has 0 radical (unpaired) electrons. The molecule has 19 heavy (non-hydrogen) atoms. The van der Waals surface area contributed by atoms with E-state index < -0.39 is 10.0 Å². The van der Waals surface area contributed by atoms with Crippen LogP contribution in [0, 0.1) is 11.5 Å². The second kappa shape index (κ2) is 5.55. The van der Waals surface area contributed by atoms with E-state index in [0.29, 0.717) is 24.5 Å². The monoisotopic (exact) mass is 319 g/mol. The molecule has 1 N–H and O–H groups in total. The molecule has 0 saturated carbocycles. The Hall–Kier alpha value is -1.000. The fourth-order valence-corrected chi connectivity index (χ4v) is 3.94. The molecule has 0 bridgehead atoms. The maximum atomic E-state index is 12.2. The molecule has 8 heteroatoms. The number of rotatable bonds is 3. The summed E-state index contributed by atoms with van der Waals surface area (Å²) in [6.07, 6.45) is 2.58. The molecule has 1 unspecified atom stereocenters. The van der Waals surface area contributed by atoms with Gasteiger partial charge < -0.3 is 4.90 Å². The van der Waals surface area contributed by atoms with Gasteiger partial charge in [-0.3, -0.25) is 0 Å². The first-order chi connectivity index (χ1) is 8.92. The molecule has 1 saturated heterocycles. The summed E-state index contributed by atoms with van der Waals surface area (Å²) < 4.78 is 26.9. The van der Waals surface area contributed by atoms with Gasteiger partial charge in [0.05, 0.1) is 5.02 Å². The van der Waals surface area contributed by atoms with Gasteiger partial charge in [0.2, 0.25) is 10.0 Å².